The van der Waals surface area contributed by atoms with Crippen LogP contribution in [0.4, 0.5) is 0 Å². The normalized spacial score (nSPS) is 18.3. The molecule has 0 amide bonds. The molecule has 0 fully saturated rings. The van der Waals surface area contributed by atoms with Crippen LogP contribution in [0.15, 0.2) is 18.2 Å². The second-order valence-corrected chi connectivity index (χ2v) is 4.14. The van der Waals surface area contributed by atoms with E-state index in [2.05, 4.69) is 0 Å². The third-order valence-electron chi connectivity index (χ3n) is 2.93. The van der Waals surface area contributed by atoms with Crippen LogP contribution in [0.1, 0.15) is 25.0 Å². The highest BCUT2D eigenvalue weighted by Crippen LogP contribution is 2.33. The van der Waals surface area contributed by atoms with Gasteiger partial charge in [0.25, 0.3) is 0 Å². The molecule has 0 aromatic heterocycles. The molecule has 94 valence electrons. The van der Waals surface area contributed by atoms with Gasteiger partial charge in [-0.3, -0.25) is 0 Å². The summed E-state index contributed by atoms with van der Waals surface area (Å²) in [6, 6.07) is 5.50. The predicted octanol–water partition coefficient (Wildman–Crippen LogP) is 1.92. The first kappa shape index (κ1) is 12.2. The van der Waals surface area contributed by atoms with Gasteiger partial charge in [0.15, 0.2) is 11.5 Å². The molecule has 1 aromatic rings. The third kappa shape index (κ3) is 2.70. The number of aliphatic hydroxyl groups excluding tert-OH is 1. The maximum Gasteiger partial charge on any atom is 0.161 e. The van der Waals surface area contributed by atoms with Crippen molar-refractivity contribution >= 4 is 0 Å². The lowest BCUT2D eigenvalue weighted by Gasteiger charge is -2.18. The first-order valence-corrected chi connectivity index (χ1v) is 5.83. The van der Waals surface area contributed by atoms with Crippen molar-refractivity contribution in [2.45, 2.75) is 25.6 Å². The summed E-state index contributed by atoms with van der Waals surface area (Å²) in [7, 11) is 1.58. The van der Waals surface area contributed by atoms with Crippen LogP contribution in [-0.4, -0.2) is 31.5 Å². The highest BCUT2D eigenvalue weighted by atomic mass is 16.5. The Morgan fingerprint density at radius 3 is 2.65 bits per heavy atom. The average Bonchev–Trinajstić information content (AvgIpc) is 2.61. The molecule has 0 radical (unpaired) electrons. The molecule has 0 bridgehead atoms. The fraction of sp³-hybridized carbons (Fsp3) is 0.538. The number of aliphatic hydroxyl groups is 1. The summed E-state index contributed by atoms with van der Waals surface area (Å²) >= 11 is 0. The number of fused-ring (bicyclic) bond motifs is 1. The number of benzene rings is 1. The zero-order valence-electron chi connectivity index (χ0n) is 10.2. The van der Waals surface area contributed by atoms with Crippen molar-refractivity contribution in [3.63, 3.8) is 0 Å². The minimum Gasteiger partial charge on any atom is -0.490 e. The van der Waals surface area contributed by atoms with Gasteiger partial charge in [-0.25, -0.2) is 0 Å². The van der Waals surface area contributed by atoms with Crippen molar-refractivity contribution in [1.29, 1.82) is 0 Å². The Hall–Kier alpha value is -1.26. The summed E-state index contributed by atoms with van der Waals surface area (Å²) < 4.78 is 16.2. The molecule has 4 nitrogen and oxygen atoms in total. The molecule has 1 aromatic carbocycles. The average molecular weight is 238 g/mol. The molecule has 2 rings (SSSR count). The number of hydrogen-bond donors (Lipinski definition) is 1. The van der Waals surface area contributed by atoms with E-state index in [1.165, 1.54) is 0 Å². The molecule has 0 saturated carbocycles. The third-order valence-corrected chi connectivity index (χ3v) is 2.93. The Labute approximate surface area is 101 Å². The molecule has 17 heavy (non-hydrogen) atoms. The number of methoxy groups -OCH3 is 1. The van der Waals surface area contributed by atoms with Gasteiger partial charge in [0.1, 0.15) is 6.10 Å². The number of ether oxygens (including phenoxy) is 3. The van der Waals surface area contributed by atoms with Crippen LogP contribution in [0.2, 0.25) is 0 Å². The minimum atomic E-state index is -0.655. The molecule has 2 unspecified atom stereocenters. The molecule has 1 N–H and O–H groups in total. The molecular formula is C13H18O4. The fourth-order valence-corrected chi connectivity index (χ4v) is 1.76. The summed E-state index contributed by atoms with van der Waals surface area (Å²) in [6.07, 6.45) is -0.0296. The van der Waals surface area contributed by atoms with Gasteiger partial charge in [-0.05, 0) is 24.6 Å². The van der Waals surface area contributed by atoms with Crippen molar-refractivity contribution in [2.24, 2.45) is 0 Å². The van der Waals surface area contributed by atoms with E-state index in [4.69, 9.17) is 14.2 Å². The maximum absolute atomic E-state index is 10.0. The highest BCUT2D eigenvalue weighted by molar-refractivity contribution is 5.44. The minimum absolute atomic E-state index is 0.250. The lowest BCUT2D eigenvalue weighted by atomic mass is 10.0. The number of rotatable bonds is 3. The second-order valence-electron chi connectivity index (χ2n) is 4.14. The van der Waals surface area contributed by atoms with E-state index >= 15 is 0 Å². The van der Waals surface area contributed by atoms with Crippen LogP contribution < -0.4 is 9.47 Å². The molecule has 1 heterocycles. The molecular weight excluding hydrogens is 220 g/mol. The zero-order valence-corrected chi connectivity index (χ0v) is 10.2. The van der Waals surface area contributed by atoms with E-state index in [-0.39, 0.29) is 6.10 Å². The number of hydrogen-bond acceptors (Lipinski definition) is 4. The summed E-state index contributed by atoms with van der Waals surface area (Å²) in [5.74, 6) is 1.44. The Morgan fingerprint density at radius 2 is 1.94 bits per heavy atom. The highest BCUT2D eigenvalue weighted by Gasteiger charge is 2.18. The second kappa shape index (κ2) is 5.38. The molecule has 1 aliphatic heterocycles. The van der Waals surface area contributed by atoms with Gasteiger partial charge in [-0.1, -0.05) is 6.07 Å². The van der Waals surface area contributed by atoms with Gasteiger partial charge in [0, 0.05) is 13.5 Å². The predicted molar refractivity (Wildman–Crippen MR) is 63.5 cm³/mol. The van der Waals surface area contributed by atoms with Gasteiger partial charge in [-0.15, -0.1) is 0 Å². The van der Waals surface area contributed by atoms with E-state index in [0.29, 0.717) is 19.0 Å². The topological polar surface area (TPSA) is 47.9 Å². The van der Waals surface area contributed by atoms with Crippen molar-refractivity contribution in [1.82, 2.24) is 0 Å². The van der Waals surface area contributed by atoms with E-state index < -0.39 is 6.10 Å². The smallest absolute Gasteiger partial charge is 0.161 e. The van der Waals surface area contributed by atoms with Crippen molar-refractivity contribution in [3.8, 4) is 11.5 Å². The Morgan fingerprint density at radius 1 is 1.24 bits per heavy atom. The van der Waals surface area contributed by atoms with E-state index in [9.17, 15) is 5.11 Å². The maximum atomic E-state index is 10.0. The van der Waals surface area contributed by atoms with Gasteiger partial charge in [0.2, 0.25) is 0 Å². The zero-order chi connectivity index (χ0) is 12.3. The quantitative estimate of drug-likeness (QED) is 0.874. The lowest BCUT2D eigenvalue weighted by Crippen LogP contribution is -2.16. The lowest BCUT2D eigenvalue weighted by molar-refractivity contribution is -0.00153. The van der Waals surface area contributed by atoms with Crippen LogP contribution in [0.5, 0.6) is 11.5 Å². The Bertz CT molecular complexity index is 378. The monoisotopic (exact) mass is 238 g/mol. The van der Waals surface area contributed by atoms with Crippen LogP contribution in [0.3, 0.4) is 0 Å². The van der Waals surface area contributed by atoms with E-state index in [1.54, 1.807) is 7.11 Å². The van der Waals surface area contributed by atoms with E-state index in [1.807, 2.05) is 25.1 Å². The Balaban J connectivity index is 2.23. The first-order valence-electron chi connectivity index (χ1n) is 5.83. The van der Waals surface area contributed by atoms with Crippen LogP contribution >= 0.6 is 0 Å². The SMILES string of the molecule is COC(C)C(O)c1ccc2c(c1)OCCCO2. The van der Waals surface area contributed by atoms with Crippen molar-refractivity contribution < 1.29 is 19.3 Å². The molecule has 0 saturated heterocycles. The fourth-order valence-electron chi connectivity index (χ4n) is 1.76. The van der Waals surface area contributed by atoms with Crippen LogP contribution in [0.25, 0.3) is 0 Å². The molecule has 2 atom stereocenters. The largest absolute Gasteiger partial charge is 0.490 e. The van der Waals surface area contributed by atoms with Gasteiger partial charge < -0.3 is 19.3 Å². The van der Waals surface area contributed by atoms with Gasteiger partial charge in [0.05, 0.1) is 19.3 Å². The van der Waals surface area contributed by atoms with Crippen LogP contribution in [0, 0.1) is 0 Å². The van der Waals surface area contributed by atoms with E-state index in [0.717, 1.165) is 17.7 Å². The molecule has 1 aliphatic rings. The van der Waals surface area contributed by atoms with Gasteiger partial charge >= 0.3 is 0 Å². The first-order chi connectivity index (χ1) is 8.22. The molecule has 4 heteroatoms. The van der Waals surface area contributed by atoms with Crippen molar-refractivity contribution in [2.75, 3.05) is 20.3 Å². The summed E-state index contributed by atoms with van der Waals surface area (Å²) in [6.45, 7) is 3.14. The summed E-state index contributed by atoms with van der Waals surface area (Å²) in [5, 5.41) is 10.0. The van der Waals surface area contributed by atoms with Crippen molar-refractivity contribution in [3.05, 3.63) is 23.8 Å². The molecule has 0 aliphatic carbocycles. The molecule has 0 spiro atoms. The summed E-state index contributed by atoms with van der Waals surface area (Å²) in [5.41, 5.74) is 0.781. The van der Waals surface area contributed by atoms with Crippen LogP contribution in [-0.2, 0) is 4.74 Å². The van der Waals surface area contributed by atoms with Gasteiger partial charge in [-0.2, -0.15) is 0 Å². The summed E-state index contributed by atoms with van der Waals surface area (Å²) in [4.78, 5) is 0. The standard InChI is InChI=1S/C13H18O4/c1-9(15-2)13(14)10-4-5-11-12(8-10)17-7-3-6-16-11/h4-5,8-9,13-14H,3,6-7H2,1-2H3. The Kier molecular flexibility index (Phi) is 3.86.